The summed E-state index contributed by atoms with van der Waals surface area (Å²) < 4.78 is 0. The number of carbonyl (C=O) groups excluding carboxylic acids is 1. The Bertz CT molecular complexity index is 238. The number of piperidine rings is 1. The minimum absolute atomic E-state index is 0.199. The number of nitrogens with two attached hydrogens (primary N) is 1. The van der Waals surface area contributed by atoms with Gasteiger partial charge in [0.05, 0.1) is 0 Å². The number of allylic oxidation sites excluding steroid dienone is 1. The molecule has 14 heavy (non-hydrogen) atoms. The van der Waals surface area contributed by atoms with E-state index in [-0.39, 0.29) is 6.04 Å². The molecule has 4 nitrogen and oxygen atoms in total. The maximum atomic E-state index is 10.4. The van der Waals surface area contributed by atoms with Crippen LogP contribution in [0.25, 0.3) is 0 Å². The topological polar surface area (TPSA) is 58.4 Å². The largest absolute Gasteiger partial charge is 0.357 e. The highest BCUT2D eigenvalue weighted by atomic mass is 16.1. The zero-order valence-corrected chi connectivity index (χ0v) is 8.28. The Kier molecular flexibility index (Phi) is 4.19. The molecule has 0 aromatic carbocycles. The maximum absolute atomic E-state index is 10.4. The van der Waals surface area contributed by atoms with Crippen LogP contribution in [0.1, 0.15) is 12.8 Å². The van der Waals surface area contributed by atoms with E-state index in [1.54, 1.807) is 6.20 Å². The third kappa shape index (κ3) is 2.88. The van der Waals surface area contributed by atoms with Gasteiger partial charge in [-0.15, -0.1) is 0 Å². The first-order chi connectivity index (χ1) is 6.77. The number of aldehydes is 1. The van der Waals surface area contributed by atoms with Crippen molar-refractivity contribution in [2.24, 2.45) is 5.73 Å². The number of carbonyl (C=O) groups is 1. The molecule has 1 saturated heterocycles. The standard InChI is InChI=1S/C10H17N3O/c1-2-12-10(5-7-14)13-6-3-4-9(11)8-13/h2,5,7,9,12H,1,3-4,6,8,11H2/b10-5+. The molecule has 78 valence electrons. The first kappa shape index (κ1) is 10.8. The highest BCUT2D eigenvalue weighted by molar-refractivity contribution is 5.65. The van der Waals surface area contributed by atoms with E-state index >= 15 is 0 Å². The van der Waals surface area contributed by atoms with Crippen LogP contribution in [0.15, 0.2) is 24.7 Å². The van der Waals surface area contributed by atoms with Crippen molar-refractivity contribution in [3.05, 3.63) is 24.7 Å². The van der Waals surface area contributed by atoms with Gasteiger partial charge in [0.15, 0.2) is 0 Å². The number of hydrogen-bond donors (Lipinski definition) is 2. The molecule has 1 atom stereocenters. The minimum Gasteiger partial charge on any atom is -0.357 e. The Morgan fingerprint density at radius 1 is 1.64 bits per heavy atom. The van der Waals surface area contributed by atoms with Gasteiger partial charge < -0.3 is 16.0 Å². The van der Waals surface area contributed by atoms with Gasteiger partial charge >= 0.3 is 0 Å². The number of nitrogens with one attached hydrogen (secondary N) is 1. The molecule has 1 aliphatic rings. The highest BCUT2D eigenvalue weighted by Crippen LogP contribution is 2.12. The predicted octanol–water partition coefficient (Wildman–Crippen LogP) is 0.183. The van der Waals surface area contributed by atoms with Gasteiger partial charge in [-0.3, -0.25) is 4.79 Å². The lowest BCUT2D eigenvalue weighted by molar-refractivity contribution is -0.104. The zero-order chi connectivity index (χ0) is 10.4. The molecular formula is C10H17N3O. The Labute approximate surface area is 84.4 Å². The van der Waals surface area contributed by atoms with Crippen molar-refractivity contribution < 1.29 is 4.79 Å². The quantitative estimate of drug-likeness (QED) is 0.496. The summed E-state index contributed by atoms with van der Waals surface area (Å²) in [7, 11) is 0. The van der Waals surface area contributed by atoms with Crippen LogP contribution in [0.4, 0.5) is 0 Å². The molecule has 3 N–H and O–H groups in total. The summed E-state index contributed by atoms with van der Waals surface area (Å²) >= 11 is 0. The molecule has 4 heteroatoms. The van der Waals surface area contributed by atoms with E-state index in [0.29, 0.717) is 0 Å². The Morgan fingerprint density at radius 3 is 3.00 bits per heavy atom. The molecule has 1 unspecified atom stereocenters. The molecule has 1 rings (SSSR count). The normalized spacial score (nSPS) is 23.1. The summed E-state index contributed by atoms with van der Waals surface area (Å²) in [5.74, 6) is 0.783. The summed E-state index contributed by atoms with van der Waals surface area (Å²) in [5, 5.41) is 2.94. The summed E-state index contributed by atoms with van der Waals surface area (Å²) in [6, 6.07) is 0.199. The lowest BCUT2D eigenvalue weighted by Gasteiger charge is -2.33. The van der Waals surface area contributed by atoms with Crippen LogP contribution in [-0.4, -0.2) is 30.3 Å². The summed E-state index contributed by atoms with van der Waals surface area (Å²) in [6.45, 7) is 5.30. The zero-order valence-electron chi connectivity index (χ0n) is 8.28. The van der Waals surface area contributed by atoms with Gasteiger partial charge in [-0.25, -0.2) is 0 Å². The summed E-state index contributed by atoms with van der Waals surface area (Å²) in [4.78, 5) is 12.5. The Hall–Kier alpha value is -1.29. The van der Waals surface area contributed by atoms with Crippen molar-refractivity contribution in [1.82, 2.24) is 10.2 Å². The van der Waals surface area contributed by atoms with Crippen molar-refractivity contribution >= 4 is 6.29 Å². The van der Waals surface area contributed by atoms with Gasteiger partial charge in [0.1, 0.15) is 12.1 Å². The summed E-state index contributed by atoms with van der Waals surface area (Å²) in [6.07, 6.45) is 5.95. The lowest BCUT2D eigenvalue weighted by atomic mass is 10.1. The molecule has 0 aliphatic carbocycles. The van der Waals surface area contributed by atoms with E-state index in [4.69, 9.17) is 5.73 Å². The first-order valence-corrected chi connectivity index (χ1v) is 4.81. The molecule has 1 heterocycles. The lowest BCUT2D eigenvalue weighted by Crippen LogP contribution is -2.44. The fourth-order valence-electron chi connectivity index (χ4n) is 1.64. The van der Waals surface area contributed by atoms with Gasteiger partial charge in [0.2, 0.25) is 0 Å². The predicted molar refractivity (Wildman–Crippen MR) is 56.3 cm³/mol. The number of nitrogens with zero attached hydrogens (tertiary/aromatic N) is 1. The fourth-order valence-corrected chi connectivity index (χ4v) is 1.64. The number of hydrogen-bond acceptors (Lipinski definition) is 4. The van der Waals surface area contributed by atoms with Crippen LogP contribution >= 0.6 is 0 Å². The third-order valence-corrected chi connectivity index (χ3v) is 2.27. The van der Waals surface area contributed by atoms with Gasteiger partial charge in [0.25, 0.3) is 0 Å². The Balaban J connectivity index is 2.62. The molecule has 0 spiro atoms. The first-order valence-electron chi connectivity index (χ1n) is 4.81. The van der Waals surface area contributed by atoms with E-state index in [1.807, 2.05) is 0 Å². The van der Waals surface area contributed by atoms with Crippen molar-refractivity contribution in [1.29, 1.82) is 0 Å². The van der Waals surface area contributed by atoms with Gasteiger partial charge in [0, 0.05) is 25.2 Å². The monoisotopic (exact) mass is 195 g/mol. The van der Waals surface area contributed by atoms with Gasteiger partial charge in [-0.1, -0.05) is 6.58 Å². The second-order valence-corrected chi connectivity index (χ2v) is 3.38. The Morgan fingerprint density at radius 2 is 2.43 bits per heavy atom. The van der Waals surface area contributed by atoms with Crippen LogP contribution in [0.2, 0.25) is 0 Å². The molecule has 0 saturated carbocycles. The number of rotatable bonds is 4. The van der Waals surface area contributed by atoms with Gasteiger partial charge in [-0.2, -0.15) is 0 Å². The van der Waals surface area contributed by atoms with E-state index in [9.17, 15) is 4.79 Å². The molecular weight excluding hydrogens is 178 g/mol. The van der Waals surface area contributed by atoms with E-state index in [1.165, 1.54) is 6.08 Å². The van der Waals surface area contributed by atoms with Crippen LogP contribution in [-0.2, 0) is 4.79 Å². The van der Waals surface area contributed by atoms with Crippen molar-refractivity contribution in [2.45, 2.75) is 18.9 Å². The van der Waals surface area contributed by atoms with Crippen LogP contribution in [0.3, 0.4) is 0 Å². The fraction of sp³-hybridized carbons (Fsp3) is 0.500. The van der Waals surface area contributed by atoms with Crippen molar-refractivity contribution in [2.75, 3.05) is 13.1 Å². The van der Waals surface area contributed by atoms with E-state index < -0.39 is 0 Å². The SMILES string of the molecule is C=CN/C(=C\C=O)N1CCCC(N)C1. The molecule has 0 radical (unpaired) electrons. The van der Waals surface area contributed by atoms with E-state index in [2.05, 4.69) is 16.8 Å². The third-order valence-electron chi connectivity index (χ3n) is 2.27. The molecule has 0 aromatic rings. The van der Waals surface area contributed by atoms with Gasteiger partial charge in [-0.05, 0) is 19.0 Å². The molecule has 0 amide bonds. The molecule has 0 bridgehead atoms. The molecule has 0 aromatic heterocycles. The minimum atomic E-state index is 0.199. The van der Waals surface area contributed by atoms with E-state index in [0.717, 1.165) is 38.0 Å². The van der Waals surface area contributed by atoms with Crippen LogP contribution in [0, 0.1) is 0 Å². The molecule has 1 aliphatic heterocycles. The summed E-state index contributed by atoms with van der Waals surface area (Å²) in [5.41, 5.74) is 5.84. The van der Waals surface area contributed by atoms with Crippen LogP contribution < -0.4 is 11.1 Å². The molecule has 1 fully saturated rings. The van der Waals surface area contributed by atoms with Crippen molar-refractivity contribution in [3.8, 4) is 0 Å². The van der Waals surface area contributed by atoms with Crippen LogP contribution in [0.5, 0.6) is 0 Å². The highest BCUT2D eigenvalue weighted by Gasteiger charge is 2.17. The smallest absolute Gasteiger partial charge is 0.146 e. The average Bonchev–Trinajstić information content (AvgIpc) is 2.17. The maximum Gasteiger partial charge on any atom is 0.146 e. The second kappa shape index (κ2) is 5.44. The van der Waals surface area contributed by atoms with Crippen molar-refractivity contribution in [3.63, 3.8) is 0 Å². The second-order valence-electron chi connectivity index (χ2n) is 3.38. The average molecular weight is 195 g/mol. The number of likely N-dealkylation sites (tertiary alicyclic amines) is 1.